The summed E-state index contributed by atoms with van der Waals surface area (Å²) in [6, 6.07) is 0. The van der Waals surface area contributed by atoms with Gasteiger partial charge in [-0.15, -0.1) is 0 Å². The van der Waals surface area contributed by atoms with E-state index in [1.54, 1.807) is 0 Å². The molecule has 0 bridgehead atoms. The third kappa shape index (κ3) is 1.78. The molecule has 2 aliphatic rings. The highest BCUT2D eigenvalue weighted by molar-refractivity contribution is 5.83. The molecule has 1 N–H and O–H groups in total. The Morgan fingerprint density at radius 2 is 2.00 bits per heavy atom. The van der Waals surface area contributed by atoms with Crippen LogP contribution in [0.2, 0.25) is 0 Å². The molecular formula is C11H20N2O. The Morgan fingerprint density at radius 1 is 1.21 bits per heavy atom. The summed E-state index contributed by atoms with van der Waals surface area (Å²) in [6.45, 7) is 5.98. The topological polar surface area (TPSA) is 32.3 Å². The second kappa shape index (κ2) is 3.89. The molecule has 0 unspecified atom stereocenters. The van der Waals surface area contributed by atoms with Crippen molar-refractivity contribution in [2.75, 3.05) is 26.2 Å². The van der Waals surface area contributed by atoms with E-state index in [0.29, 0.717) is 5.91 Å². The standard InChI is InChI=1S/C11H20N2O/c1-11(4-2-5-11)10(14)13-8-3-6-12-7-9-13/h12H,2-9H2,1H3. The molecule has 0 aromatic heterocycles. The highest BCUT2D eigenvalue weighted by Gasteiger charge is 2.41. The monoisotopic (exact) mass is 196 g/mol. The van der Waals surface area contributed by atoms with Gasteiger partial charge in [-0.25, -0.2) is 0 Å². The van der Waals surface area contributed by atoms with Crippen LogP contribution in [-0.4, -0.2) is 37.0 Å². The Labute approximate surface area is 85.8 Å². The molecular weight excluding hydrogens is 176 g/mol. The van der Waals surface area contributed by atoms with E-state index in [2.05, 4.69) is 17.1 Å². The summed E-state index contributed by atoms with van der Waals surface area (Å²) in [5, 5.41) is 3.33. The highest BCUT2D eigenvalue weighted by atomic mass is 16.2. The van der Waals surface area contributed by atoms with Crippen molar-refractivity contribution < 1.29 is 4.79 Å². The maximum absolute atomic E-state index is 12.2. The maximum Gasteiger partial charge on any atom is 0.228 e. The molecule has 2 rings (SSSR count). The Bertz CT molecular complexity index is 215. The summed E-state index contributed by atoms with van der Waals surface area (Å²) >= 11 is 0. The van der Waals surface area contributed by atoms with Crippen LogP contribution in [0.1, 0.15) is 32.6 Å². The second-order valence-electron chi connectivity index (χ2n) is 4.81. The van der Waals surface area contributed by atoms with Gasteiger partial charge >= 0.3 is 0 Å². The Hall–Kier alpha value is -0.570. The molecule has 1 amide bonds. The van der Waals surface area contributed by atoms with Crippen LogP contribution in [0.5, 0.6) is 0 Å². The van der Waals surface area contributed by atoms with Crippen molar-refractivity contribution in [3.05, 3.63) is 0 Å². The van der Waals surface area contributed by atoms with Gasteiger partial charge in [-0.3, -0.25) is 4.79 Å². The van der Waals surface area contributed by atoms with Crippen molar-refractivity contribution in [3.8, 4) is 0 Å². The van der Waals surface area contributed by atoms with Crippen molar-refractivity contribution in [1.29, 1.82) is 0 Å². The van der Waals surface area contributed by atoms with E-state index >= 15 is 0 Å². The molecule has 2 fully saturated rings. The van der Waals surface area contributed by atoms with E-state index in [1.807, 2.05) is 0 Å². The molecule has 1 saturated heterocycles. The number of amides is 1. The normalized spacial score (nSPS) is 26.5. The number of carbonyl (C=O) groups excluding carboxylic acids is 1. The molecule has 1 aliphatic heterocycles. The van der Waals surface area contributed by atoms with Gasteiger partial charge < -0.3 is 10.2 Å². The van der Waals surface area contributed by atoms with Crippen molar-refractivity contribution >= 4 is 5.91 Å². The van der Waals surface area contributed by atoms with Gasteiger partial charge in [-0.1, -0.05) is 13.3 Å². The van der Waals surface area contributed by atoms with Crippen molar-refractivity contribution in [2.24, 2.45) is 5.41 Å². The lowest BCUT2D eigenvalue weighted by Crippen LogP contribution is -2.47. The van der Waals surface area contributed by atoms with Crippen LogP contribution in [0.15, 0.2) is 0 Å². The van der Waals surface area contributed by atoms with Crippen LogP contribution in [0.3, 0.4) is 0 Å². The second-order valence-corrected chi connectivity index (χ2v) is 4.81. The van der Waals surface area contributed by atoms with E-state index in [0.717, 1.165) is 45.4 Å². The maximum atomic E-state index is 12.2. The number of hydrogen-bond acceptors (Lipinski definition) is 2. The first-order valence-electron chi connectivity index (χ1n) is 5.72. The van der Waals surface area contributed by atoms with Crippen LogP contribution >= 0.6 is 0 Å². The van der Waals surface area contributed by atoms with E-state index < -0.39 is 0 Å². The van der Waals surface area contributed by atoms with Gasteiger partial charge in [-0.05, 0) is 25.8 Å². The summed E-state index contributed by atoms with van der Waals surface area (Å²) in [5.41, 5.74) is -0.00958. The molecule has 0 atom stereocenters. The zero-order chi connectivity index (χ0) is 10.0. The van der Waals surface area contributed by atoms with Gasteiger partial charge in [0.15, 0.2) is 0 Å². The zero-order valence-electron chi connectivity index (χ0n) is 9.01. The summed E-state index contributed by atoms with van der Waals surface area (Å²) in [7, 11) is 0. The first-order valence-corrected chi connectivity index (χ1v) is 5.72. The SMILES string of the molecule is CC1(C(=O)N2CCCNCC2)CCC1. The minimum absolute atomic E-state index is 0.00958. The van der Waals surface area contributed by atoms with Gasteiger partial charge in [0.1, 0.15) is 0 Å². The Balaban J connectivity index is 1.95. The smallest absolute Gasteiger partial charge is 0.228 e. The van der Waals surface area contributed by atoms with Gasteiger partial charge in [0, 0.05) is 25.0 Å². The van der Waals surface area contributed by atoms with Crippen LogP contribution < -0.4 is 5.32 Å². The molecule has 1 aliphatic carbocycles. The van der Waals surface area contributed by atoms with Gasteiger partial charge in [0.05, 0.1) is 0 Å². The summed E-state index contributed by atoms with van der Waals surface area (Å²) in [5.74, 6) is 0.396. The molecule has 0 aromatic carbocycles. The predicted octanol–water partition coefficient (Wildman–Crippen LogP) is 0.998. The lowest BCUT2D eigenvalue weighted by Gasteiger charge is -2.40. The van der Waals surface area contributed by atoms with Crippen molar-refractivity contribution in [1.82, 2.24) is 10.2 Å². The highest BCUT2D eigenvalue weighted by Crippen LogP contribution is 2.41. The van der Waals surface area contributed by atoms with Crippen LogP contribution in [-0.2, 0) is 4.79 Å². The number of carbonyl (C=O) groups is 1. The van der Waals surface area contributed by atoms with Crippen molar-refractivity contribution in [3.63, 3.8) is 0 Å². The molecule has 0 radical (unpaired) electrons. The number of hydrogen-bond donors (Lipinski definition) is 1. The summed E-state index contributed by atoms with van der Waals surface area (Å²) in [6.07, 6.45) is 4.52. The largest absolute Gasteiger partial charge is 0.341 e. The van der Waals surface area contributed by atoms with Crippen LogP contribution in [0.25, 0.3) is 0 Å². The van der Waals surface area contributed by atoms with Crippen LogP contribution in [0.4, 0.5) is 0 Å². The van der Waals surface area contributed by atoms with E-state index in [9.17, 15) is 4.79 Å². The third-order valence-electron chi connectivity index (χ3n) is 3.60. The minimum atomic E-state index is -0.00958. The molecule has 80 valence electrons. The fraction of sp³-hybridized carbons (Fsp3) is 0.909. The predicted molar refractivity (Wildman–Crippen MR) is 56.0 cm³/mol. The quantitative estimate of drug-likeness (QED) is 0.678. The molecule has 3 nitrogen and oxygen atoms in total. The lowest BCUT2D eigenvalue weighted by atomic mass is 9.69. The number of nitrogens with zero attached hydrogens (tertiary/aromatic N) is 1. The van der Waals surface area contributed by atoms with Gasteiger partial charge in [0.25, 0.3) is 0 Å². The first-order chi connectivity index (χ1) is 6.72. The third-order valence-corrected chi connectivity index (χ3v) is 3.60. The Morgan fingerprint density at radius 3 is 2.64 bits per heavy atom. The number of nitrogens with one attached hydrogen (secondary N) is 1. The molecule has 1 heterocycles. The van der Waals surface area contributed by atoms with Crippen LogP contribution in [0, 0.1) is 5.41 Å². The molecule has 1 saturated carbocycles. The fourth-order valence-corrected chi connectivity index (χ4v) is 2.35. The molecule has 0 aromatic rings. The fourth-order valence-electron chi connectivity index (χ4n) is 2.35. The number of rotatable bonds is 1. The Kier molecular flexibility index (Phi) is 2.77. The minimum Gasteiger partial charge on any atom is -0.341 e. The summed E-state index contributed by atoms with van der Waals surface area (Å²) < 4.78 is 0. The molecule has 0 spiro atoms. The van der Waals surface area contributed by atoms with E-state index in [1.165, 1.54) is 6.42 Å². The average Bonchev–Trinajstić information content (AvgIpc) is 2.41. The zero-order valence-corrected chi connectivity index (χ0v) is 9.01. The molecule has 14 heavy (non-hydrogen) atoms. The van der Waals surface area contributed by atoms with Crippen molar-refractivity contribution in [2.45, 2.75) is 32.6 Å². The lowest BCUT2D eigenvalue weighted by molar-refractivity contribution is -0.145. The van der Waals surface area contributed by atoms with E-state index in [4.69, 9.17) is 0 Å². The van der Waals surface area contributed by atoms with E-state index in [-0.39, 0.29) is 5.41 Å². The first kappa shape index (κ1) is 9.97. The average molecular weight is 196 g/mol. The van der Waals surface area contributed by atoms with Gasteiger partial charge in [-0.2, -0.15) is 0 Å². The molecule has 3 heteroatoms. The summed E-state index contributed by atoms with van der Waals surface area (Å²) in [4.78, 5) is 14.2. The van der Waals surface area contributed by atoms with Gasteiger partial charge in [0.2, 0.25) is 5.91 Å².